The first kappa shape index (κ1) is 15.4. The lowest BCUT2D eigenvalue weighted by atomic mass is 10.2. The molecule has 0 saturated carbocycles. The number of carbonyl (C=O) groups excluding carboxylic acids is 1. The minimum absolute atomic E-state index is 0.0968. The van der Waals surface area contributed by atoms with Crippen molar-refractivity contribution in [2.45, 2.75) is 25.5 Å². The molecule has 0 aromatic carbocycles. The Morgan fingerprint density at radius 1 is 1.50 bits per heavy atom. The zero-order chi connectivity index (χ0) is 13.4. The van der Waals surface area contributed by atoms with E-state index < -0.39 is 6.10 Å². The van der Waals surface area contributed by atoms with Crippen LogP contribution >= 0.6 is 0 Å². The first-order chi connectivity index (χ1) is 8.65. The quantitative estimate of drug-likeness (QED) is 0.628. The van der Waals surface area contributed by atoms with Crippen molar-refractivity contribution in [3.8, 4) is 0 Å². The van der Waals surface area contributed by atoms with Gasteiger partial charge >= 0.3 is 0 Å². The highest BCUT2D eigenvalue weighted by Crippen LogP contribution is 2.01. The number of ether oxygens (including phenoxy) is 2. The van der Waals surface area contributed by atoms with Gasteiger partial charge in [-0.1, -0.05) is 0 Å². The summed E-state index contributed by atoms with van der Waals surface area (Å²) in [6, 6.07) is -0.224. The summed E-state index contributed by atoms with van der Waals surface area (Å²) >= 11 is 0. The minimum atomic E-state index is -0.479. The van der Waals surface area contributed by atoms with Gasteiger partial charge in [-0.05, 0) is 19.9 Å². The van der Waals surface area contributed by atoms with Crippen LogP contribution < -0.4 is 5.32 Å². The molecule has 0 aromatic heterocycles. The number of hydrogen-bond donors (Lipinski definition) is 2. The second kappa shape index (κ2) is 8.42. The molecule has 1 aliphatic rings. The van der Waals surface area contributed by atoms with Crippen LogP contribution in [0.2, 0.25) is 0 Å². The van der Waals surface area contributed by atoms with E-state index in [-0.39, 0.29) is 11.9 Å². The second-order valence-corrected chi connectivity index (χ2v) is 4.51. The Morgan fingerprint density at radius 2 is 2.17 bits per heavy atom. The lowest BCUT2D eigenvalue weighted by molar-refractivity contribution is -0.137. The van der Waals surface area contributed by atoms with Gasteiger partial charge in [-0.2, -0.15) is 0 Å². The number of rotatable bonds is 7. The molecule has 2 N–H and O–H groups in total. The highest BCUT2D eigenvalue weighted by molar-refractivity contribution is 5.81. The molecule has 2 unspecified atom stereocenters. The van der Waals surface area contributed by atoms with E-state index in [2.05, 4.69) is 5.32 Å². The van der Waals surface area contributed by atoms with E-state index in [1.165, 1.54) is 0 Å². The van der Waals surface area contributed by atoms with Crippen molar-refractivity contribution in [3.63, 3.8) is 0 Å². The first-order valence-electron chi connectivity index (χ1n) is 6.42. The van der Waals surface area contributed by atoms with Crippen molar-refractivity contribution < 1.29 is 19.4 Å². The fourth-order valence-corrected chi connectivity index (χ4v) is 1.89. The predicted molar refractivity (Wildman–Crippen MR) is 67.4 cm³/mol. The van der Waals surface area contributed by atoms with Gasteiger partial charge < -0.3 is 24.8 Å². The monoisotopic (exact) mass is 260 g/mol. The largest absolute Gasteiger partial charge is 0.391 e. The summed E-state index contributed by atoms with van der Waals surface area (Å²) in [6.45, 7) is 5.33. The number of nitrogens with zero attached hydrogens (tertiary/aromatic N) is 1. The summed E-state index contributed by atoms with van der Waals surface area (Å²) in [5.74, 6) is 0.0968. The lowest BCUT2D eigenvalue weighted by Crippen LogP contribution is -2.49. The summed E-state index contributed by atoms with van der Waals surface area (Å²) in [6.07, 6.45) is 0.0994. The maximum absolute atomic E-state index is 12.0. The summed E-state index contributed by atoms with van der Waals surface area (Å²) in [5, 5.41) is 12.6. The molecule has 0 bridgehead atoms. The zero-order valence-corrected chi connectivity index (χ0v) is 11.2. The Kier molecular flexibility index (Phi) is 7.19. The van der Waals surface area contributed by atoms with Gasteiger partial charge in [-0.25, -0.2) is 0 Å². The predicted octanol–water partition coefficient (Wildman–Crippen LogP) is -0.779. The normalized spacial score (nSPS) is 19.6. The van der Waals surface area contributed by atoms with Crippen LogP contribution in [-0.4, -0.2) is 74.6 Å². The Bertz CT molecular complexity index is 244. The second-order valence-electron chi connectivity index (χ2n) is 4.51. The van der Waals surface area contributed by atoms with Crippen molar-refractivity contribution >= 4 is 5.91 Å². The number of nitrogens with one attached hydrogen (secondary N) is 1. The number of hydrogen-bond acceptors (Lipinski definition) is 5. The Morgan fingerprint density at radius 3 is 2.78 bits per heavy atom. The number of aliphatic hydroxyl groups excluding tert-OH is 1. The number of carbonyl (C=O) groups is 1. The molecule has 1 heterocycles. The van der Waals surface area contributed by atoms with Crippen molar-refractivity contribution in [2.75, 3.05) is 46.6 Å². The fraction of sp³-hybridized carbons (Fsp3) is 0.917. The zero-order valence-electron chi connectivity index (χ0n) is 11.2. The van der Waals surface area contributed by atoms with Gasteiger partial charge in [0, 0.05) is 20.2 Å². The van der Waals surface area contributed by atoms with Crippen molar-refractivity contribution in [1.82, 2.24) is 10.2 Å². The van der Waals surface area contributed by atoms with Gasteiger partial charge in [0.25, 0.3) is 0 Å². The smallest absolute Gasteiger partial charge is 0.239 e. The highest BCUT2D eigenvalue weighted by Gasteiger charge is 2.21. The van der Waals surface area contributed by atoms with Gasteiger partial charge in [0.05, 0.1) is 32.0 Å². The number of amides is 1. The Labute approximate surface area is 108 Å². The van der Waals surface area contributed by atoms with Gasteiger partial charge in [-0.15, -0.1) is 0 Å². The number of aliphatic hydroxyl groups is 1. The van der Waals surface area contributed by atoms with Crippen LogP contribution in [0.25, 0.3) is 0 Å². The van der Waals surface area contributed by atoms with Gasteiger partial charge in [-0.3, -0.25) is 4.79 Å². The summed E-state index contributed by atoms with van der Waals surface area (Å²) < 4.78 is 10.0. The summed E-state index contributed by atoms with van der Waals surface area (Å²) in [5.41, 5.74) is 0. The molecule has 6 heteroatoms. The molecule has 106 valence electrons. The van der Waals surface area contributed by atoms with Crippen molar-refractivity contribution in [2.24, 2.45) is 0 Å². The van der Waals surface area contributed by atoms with Crippen molar-refractivity contribution in [1.29, 1.82) is 0 Å². The van der Waals surface area contributed by atoms with Crippen LogP contribution in [0, 0.1) is 0 Å². The van der Waals surface area contributed by atoms with Crippen LogP contribution in [0.3, 0.4) is 0 Å². The maximum Gasteiger partial charge on any atom is 0.239 e. The average molecular weight is 260 g/mol. The molecule has 0 radical (unpaired) electrons. The lowest BCUT2D eigenvalue weighted by Gasteiger charge is -2.29. The average Bonchev–Trinajstić information content (AvgIpc) is 2.39. The van der Waals surface area contributed by atoms with Gasteiger partial charge in [0.2, 0.25) is 5.91 Å². The molecule has 18 heavy (non-hydrogen) atoms. The van der Waals surface area contributed by atoms with Gasteiger partial charge in [0.1, 0.15) is 0 Å². The highest BCUT2D eigenvalue weighted by atomic mass is 16.5. The Hall–Kier alpha value is -0.690. The van der Waals surface area contributed by atoms with Crippen LogP contribution in [0.15, 0.2) is 0 Å². The van der Waals surface area contributed by atoms with E-state index in [0.717, 1.165) is 0 Å². The van der Waals surface area contributed by atoms with E-state index in [9.17, 15) is 9.90 Å². The number of methoxy groups -OCH3 is 1. The molecule has 6 nitrogen and oxygen atoms in total. The van der Waals surface area contributed by atoms with Crippen LogP contribution in [-0.2, 0) is 14.3 Å². The SMILES string of the molecule is COCC(O)CCNC(C)C(=O)N1CCOCC1. The van der Waals surface area contributed by atoms with E-state index in [4.69, 9.17) is 9.47 Å². The molecule has 0 aromatic rings. The minimum Gasteiger partial charge on any atom is -0.391 e. The molecule has 2 atom stereocenters. The van der Waals surface area contributed by atoms with Crippen LogP contribution in [0.4, 0.5) is 0 Å². The topological polar surface area (TPSA) is 71.0 Å². The molecule has 1 aliphatic heterocycles. The van der Waals surface area contributed by atoms with E-state index in [0.29, 0.717) is 45.9 Å². The first-order valence-corrected chi connectivity index (χ1v) is 6.42. The van der Waals surface area contributed by atoms with E-state index in [1.54, 1.807) is 7.11 Å². The molecule has 0 aliphatic carbocycles. The third-order valence-corrected chi connectivity index (χ3v) is 2.98. The van der Waals surface area contributed by atoms with Crippen LogP contribution in [0.5, 0.6) is 0 Å². The summed E-state index contributed by atoms with van der Waals surface area (Å²) in [7, 11) is 1.56. The third kappa shape index (κ3) is 5.30. The van der Waals surface area contributed by atoms with E-state index >= 15 is 0 Å². The summed E-state index contributed by atoms with van der Waals surface area (Å²) in [4.78, 5) is 13.8. The Balaban J connectivity index is 2.18. The molecule has 1 amide bonds. The van der Waals surface area contributed by atoms with Crippen LogP contribution in [0.1, 0.15) is 13.3 Å². The van der Waals surface area contributed by atoms with Crippen molar-refractivity contribution in [3.05, 3.63) is 0 Å². The molecular weight excluding hydrogens is 236 g/mol. The standard InChI is InChI=1S/C12H24N2O4/c1-10(13-4-3-11(15)9-17-2)12(16)14-5-7-18-8-6-14/h10-11,13,15H,3-9H2,1-2H3. The molecule has 1 fully saturated rings. The maximum atomic E-state index is 12.0. The fourth-order valence-electron chi connectivity index (χ4n) is 1.89. The van der Waals surface area contributed by atoms with E-state index in [1.807, 2.05) is 11.8 Å². The molecular formula is C12H24N2O4. The molecule has 1 rings (SSSR count). The third-order valence-electron chi connectivity index (χ3n) is 2.98. The van der Waals surface area contributed by atoms with Gasteiger partial charge in [0.15, 0.2) is 0 Å². The molecule has 1 saturated heterocycles. The molecule has 0 spiro atoms. The number of morpholine rings is 1.